The van der Waals surface area contributed by atoms with Crippen LogP contribution in [0.15, 0.2) is 36.5 Å². The number of aliphatic hydroxyl groups excluding tert-OH is 1. The van der Waals surface area contributed by atoms with Crippen LogP contribution in [0.4, 0.5) is 0 Å². The molecule has 3 N–H and O–H groups in total. The Bertz CT molecular complexity index is 684. The monoisotopic (exact) mass is 328 g/mol. The lowest BCUT2D eigenvalue weighted by Crippen LogP contribution is -2.40. The van der Waals surface area contributed by atoms with Gasteiger partial charge in [0.15, 0.2) is 0 Å². The SMILES string of the molecule is Cc1nn(-c2ccccc2)cc1CCCNC(=O)[C@@H]1C[C@@H](O)CN1. The molecule has 0 saturated carbocycles. The molecule has 1 aromatic carbocycles. The van der Waals surface area contributed by atoms with Gasteiger partial charge < -0.3 is 15.7 Å². The van der Waals surface area contributed by atoms with Crippen LogP contribution in [0.1, 0.15) is 24.1 Å². The van der Waals surface area contributed by atoms with Crippen molar-refractivity contribution in [2.75, 3.05) is 13.1 Å². The summed E-state index contributed by atoms with van der Waals surface area (Å²) in [6.45, 7) is 3.14. The van der Waals surface area contributed by atoms with Gasteiger partial charge in [0.25, 0.3) is 0 Å². The number of rotatable bonds is 6. The Kier molecular flexibility index (Phi) is 5.27. The first-order chi connectivity index (χ1) is 11.6. The van der Waals surface area contributed by atoms with E-state index in [9.17, 15) is 9.90 Å². The van der Waals surface area contributed by atoms with Crippen molar-refractivity contribution in [3.63, 3.8) is 0 Å². The van der Waals surface area contributed by atoms with E-state index in [0.717, 1.165) is 24.2 Å². The number of aryl methyl sites for hydroxylation is 2. The summed E-state index contributed by atoms with van der Waals surface area (Å²) in [4.78, 5) is 12.0. The lowest BCUT2D eigenvalue weighted by molar-refractivity contribution is -0.122. The minimum atomic E-state index is -0.410. The van der Waals surface area contributed by atoms with Crippen molar-refractivity contribution < 1.29 is 9.90 Å². The molecule has 0 spiro atoms. The zero-order chi connectivity index (χ0) is 16.9. The minimum absolute atomic E-state index is 0.0248. The molecule has 2 aromatic rings. The van der Waals surface area contributed by atoms with Gasteiger partial charge in [0.05, 0.1) is 23.5 Å². The number of β-amino-alcohol motifs (C(OH)–C–C–N with tert-alkyl or cyclic N) is 1. The van der Waals surface area contributed by atoms with E-state index in [4.69, 9.17) is 0 Å². The van der Waals surface area contributed by atoms with E-state index in [1.165, 1.54) is 5.56 Å². The molecule has 1 saturated heterocycles. The Hall–Kier alpha value is -2.18. The second-order valence-electron chi connectivity index (χ2n) is 6.26. The standard InChI is InChI=1S/C18H24N4O2/c1-13-14(12-22(21-13)15-7-3-2-4-8-15)6-5-9-19-18(24)17-10-16(23)11-20-17/h2-4,7-8,12,16-17,20,23H,5-6,9-11H2,1H3,(H,19,24)/t16-,17+/m1/s1. The van der Waals surface area contributed by atoms with E-state index in [0.29, 0.717) is 19.5 Å². The van der Waals surface area contributed by atoms with Gasteiger partial charge in [-0.2, -0.15) is 5.10 Å². The van der Waals surface area contributed by atoms with Crippen molar-refractivity contribution in [3.8, 4) is 5.69 Å². The van der Waals surface area contributed by atoms with Crippen LogP contribution in [0.3, 0.4) is 0 Å². The molecule has 0 bridgehead atoms. The summed E-state index contributed by atoms with van der Waals surface area (Å²) < 4.78 is 1.90. The molecule has 2 atom stereocenters. The zero-order valence-corrected chi connectivity index (χ0v) is 13.9. The molecular formula is C18H24N4O2. The van der Waals surface area contributed by atoms with Crippen molar-refractivity contribution in [1.82, 2.24) is 20.4 Å². The molecule has 6 heteroatoms. The molecule has 1 aromatic heterocycles. The maximum absolute atomic E-state index is 12.0. The number of hydrogen-bond acceptors (Lipinski definition) is 4. The highest BCUT2D eigenvalue weighted by atomic mass is 16.3. The predicted octanol–water partition coefficient (Wildman–Crippen LogP) is 0.952. The summed E-state index contributed by atoms with van der Waals surface area (Å²) in [6, 6.07) is 9.77. The van der Waals surface area contributed by atoms with Crippen LogP contribution < -0.4 is 10.6 Å². The normalized spacial score (nSPS) is 20.2. The molecule has 6 nitrogen and oxygen atoms in total. The van der Waals surface area contributed by atoms with Crippen LogP contribution in [-0.2, 0) is 11.2 Å². The Morgan fingerprint density at radius 3 is 2.92 bits per heavy atom. The Morgan fingerprint density at radius 1 is 1.42 bits per heavy atom. The van der Waals surface area contributed by atoms with Crippen molar-refractivity contribution in [2.24, 2.45) is 0 Å². The summed E-state index contributed by atoms with van der Waals surface area (Å²) in [7, 11) is 0. The van der Waals surface area contributed by atoms with E-state index in [-0.39, 0.29) is 11.9 Å². The van der Waals surface area contributed by atoms with Crippen molar-refractivity contribution >= 4 is 5.91 Å². The van der Waals surface area contributed by atoms with E-state index < -0.39 is 6.10 Å². The smallest absolute Gasteiger partial charge is 0.237 e. The van der Waals surface area contributed by atoms with Gasteiger partial charge in [0.1, 0.15) is 0 Å². The third kappa shape index (κ3) is 4.01. The fraction of sp³-hybridized carbons (Fsp3) is 0.444. The lowest BCUT2D eigenvalue weighted by Gasteiger charge is -2.10. The highest BCUT2D eigenvalue weighted by molar-refractivity contribution is 5.82. The van der Waals surface area contributed by atoms with Crippen molar-refractivity contribution in [2.45, 2.75) is 38.3 Å². The average Bonchev–Trinajstić information content (AvgIpc) is 3.18. The number of nitrogens with zero attached hydrogens (tertiary/aromatic N) is 2. The number of carbonyl (C=O) groups excluding carboxylic acids is 1. The summed E-state index contributed by atoms with van der Waals surface area (Å²) in [5, 5.41) is 20.0. The number of hydrogen-bond donors (Lipinski definition) is 3. The molecule has 1 aliphatic heterocycles. The number of amides is 1. The maximum Gasteiger partial charge on any atom is 0.237 e. The van der Waals surface area contributed by atoms with Crippen LogP contribution in [0, 0.1) is 6.92 Å². The van der Waals surface area contributed by atoms with E-state index >= 15 is 0 Å². The summed E-state index contributed by atoms with van der Waals surface area (Å²) in [5.41, 5.74) is 3.26. The number of para-hydroxylation sites is 1. The van der Waals surface area contributed by atoms with Crippen LogP contribution in [0.5, 0.6) is 0 Å². The number of carbonyl (C=O) groups is 1. The van der Waals surface area contributed by atoms with Gasteiger partial charge in [0.2, 0.25) is 5.91 Å². The Balaban J connectivity index is 1.47. The van der Waals surface area contributed by atoms with Crippen molar-refractivity contribution in [1.29, 1.82) is 0 Å². The number of aromatic nitrogens is 2. The number of nitrogens with one attached hydrogen (secondary N) is 2. The fourth-order valence-electron chi connectivity index (χ4n) is 2.98. The first-order valence-corrected chi connectivity index (χ1v) is 8.43. The van der Waals surface area contributed by atoms with Crippen LogP contribution >= 0.6 is 0 Å². The van der Waals surface area contributed by atoms with E-state index in [1.807, 2.05) is 41.9 Å². The largest absolute Gasteiger partial charge is 0.392 e. The third-order valence-corrected chi connectivity index (χ3v) is 4.37. The molecule has 3 rings (SSSR count). The highest BCUT2D eigenvalue weighted by Crippen LogP contribution is 2.13. The van der Waals surface area contributed by atoms with Crippen molar-refractivity contribution in [3.05, 3.63) is 47.8 Å². The zero-order valence-electron chi connectivity index (χ0n) is 13.9. The molecule has 128 valence electrons. The molecule has 1 aliphatic rings. The van der Waals surface area contributed by atoms with Crippen LogP contribution in [0.25, 0.3) is 5.69 Å². The average molecular weight is 328 g/mol. The van der Waals surface area contributed by atoms with Gasteiger partial charge >= 0.3 is 0 Å². The summed E-state index contributed by atoms with van der Waals surface area (Å²) in [6.07, 6.45) is 3.88. The molecule has 1 amide bonds. The second-order valence-corrected chi connectivity index (χ2v) is 6.26. The summed E-state index contributed by atoms with van der Waals surface area (Å²) in [5.74, 6) is -0.0248. The van der Waals surface area contributed by atoms with Gasteiger partial charge in [-0.1, -0.05) is 18.2 Å². The van der Waals surface area contributed by atoms with Gasteiger partial charge in [-0.05, 0) is 43.9 Å². The Labute approximate surface area is 141 Å². The lowest BCUT2D eigenvalue weighted by atomic mass is 10.1. The second kappa shape index (κ2) is 7.59. The maximum atomic E-state index is 12.0. The fourth-order valence-corrected chi connectivity index (χ4v) is 2.98. The molecule has 24 heavy (non-hydrogen) atoms. The number of aliphatic hydroxyl groups is 1. The van der Waals surface area contributed by atoms with Gasteiger partial charge in [-0.25, -0.2) is 4.68 Å². The van der Waals surface area contributed by atoms with E-state index in [1.54, 1.807) is 0 Å². The molecule has 0 aliphatic carbocycles. The van der Waals surface area contributed by atoms with Crippen LogP contribution in [-0.4, -0.2) is 46.0 Å². The first kappa shape index (κ1) is 16.7. The van der Waals surface area contributed by atoms with Gasteiger partial charge in [-0.3, -0.25) is 4.79 Å². The highest BCUT2D eigenvalue weighted by Gasteiger charge is 2.27. The molecule has 2 heterocycles. The van der Waals surface area contributed by atoms with Gasteiger partial charge in [0, 0.05) is 19.3 Å². The van der Waals surface area contributed by atoms with Crippen LogP contribution in [0.2, 0.25) is 0 Å². The van der Waals surface area contributed by atoms with E-state index in [2.05, 4.69) is 21.9 Å². The summed E-state index contributed by atoms with van der Waals surface area (Å²) >= 11 is 0. The molecule has 0 unspecified atom stereocenters. The quantitative estimate of drug-likeness (QED) is 0.690. The number of benzene rings is 1. The molecular weight excluding hydrogens is 304 g/mol. The Morgan fingerprint density at radius 2 is 2.21 bits per heavy atom. The predicted molar refractivity (Wildman–Crippen MR) is 92.0 cm³/mol. The first-order valence-electron chi connectivity index (χ1n) is 8.43. The van der Waals surface area contributed by atoms with Gasteiger partial charge in [-0.15, -0.1) is 0 Å². The topological polar surface area (TPSA) is 79.2 Å². The molecule has 0 radical (unpaired) electrons. The third-order valence-electron chi connectivity index (χ3n) is 4.37. The minimum Gasteiger partial charge on any atom is -0.392 e. The molecule has 1 fully saturated rings.